The highest BCUT2D eigenvalue weighted by Crippen LogP contribution is 2.48. The first-order valence-corrected chi connectivity index (χ1v) is 10.1. The zero-order valence-electron chi connectivity index (χ0n) is 17.2. The monoisotopic (exact) mass is 504 g/mol. The summed E-state index contributed by atoms with van der Waals surface area (Å²) in [5.74, 6) is 0.690. The Balaban J connectivity index is 0.00000280. The van der Waals surface area contributed by atoms with Crippen molar-refractivity contribution in [3.05, 3.63) is 35.6 Å². The lowest BCUT2D eigenvalue weighted by Crippen LogP contribution is -2.46. The summed E-state index contributed by atoms with van der Waals surface area (Å²) in [7, 11) is 1.78. The number of nitrogens with zero attached hydrogens (tertiary/aromatic N) is 2. The predicted molar refractivity (Wildman–Crippen MR) is 123 cm³/mol. The fraction of sp³-hybridized carbons (Fsp3) is 0.667. The van der Waals surface area contributed by atoms with Gasteiger partial charge in [-0.2, -0.15) is 0 Å². The molecule has 1 aromatic rings. The van der Waals surface area contributed by atoms with Gasteiger partial charge in [-0.15, -0.1) is 24.0 Å². The maximum Gasteiger partial charge on any atom is 0.191 e. The number of ether oxygens (including phenoxy) is 1. The van der Waals surface area contributed by atoms with Gasteiger partial charge in [-0.25, -0.2) is 4.39 Å². The summed E-state index contributed by atoms with van der Waals surface area (Å²) in [5, 5.41) is 6.77. The Morgan fingerprint density at radius 2 is 1.89 bits per heavy atom. The molecule has 28 heavy (non-hydrogen) atoms. The fourth-order valence-corrected chi connectivity index (χ4v) is 4.03. The number of hydrogen-bond donors (Lipinski definition) is 2. The first-order chi connectivity index (χ1) is 13.0. The van der Waals surface area contributed by atoms with Crippen LogP contribution in [0.2, 0.25) is 0 Å². The molecule has 1 aliphatic carbocycles. The van der Waals surface area contributed by atoms with E-state index < -0.39 is 0 Å². The van der Waals surface area contributed by atoms with E-state index in [1.165, 1.54) is 0 Å². The molecule has 0 aromatic heterocycles. The second kappa shape index (κ2) is 10.7. The van der Waals surface area contributed by atoms with Gasteiger partial charge in [-0.3, -0.25) is 9.89 Å². The third-order valence-corrected chi connectivity index (χ3v) is 5.56. The van der Waals surface area contributed by atoms with Crippen LogP contribution >= 0.6 is 24.0 Å². The molecule has 1 heterocycles. The second-order valence-corrected chi connectivity index (χ2v) is 7.98. The van der Waals surface area contributed by atoms with E-state index in [0.717, 1.165) is 57.0 Å². The minimum atomic E-state index is -0.103. The number of halogens is 2. The van der Waals surface area contributed by atoms with Crippen molar-refractivity contribution in [3.8, 4) is 0 Å². The molecule has 0 radical (unpaired) electrons. The fourth-order valence-electron chi connectivity index (χ4n) is 4.03. The first-order valence-electron chi connectivity index (χ1n) is 10.1. The Hall–Kier alpha value is -0.930. The van der Waals surface area contributed by atoms with Crippen LogP contribution in [-0.2, 0) is 10.2 Å². The van der Waals surface area contributed by atoms with Gasteiger partial charge < -0.3 is 15.4 Å². The Bertz CT molecular complexity index is 643. The van der Waals surface area contributed by atoms with Crippen molar-refractivity contribution < 1.29 is 9.13 Å². The number of benzene rings is 1. The van der Waals surface area contributed by atoms with E-state index in [1.54, 1.807) is 19.2 Å². The third kappa shape index (κ3) is 6.29. The second-order valence-electron chi connectivity index (χ2n) is 7.98. The van der Waals surface area contributed by atoms with Crippen molar-refractivity contribution in [3.63, 3.8) is 0 Å². The van der Waals surface area contributed by atoms with Crippen LogP contribution < -0.4 is 10.6 Å². The van der Waals surface area contributed by atoms with Gasteiger partial charge >= 0.3 is 0 Å². The van der Waals surface area contributed by atoms with Crippen molar-refractivity contribution >= 4 is 29.9 Å². The van der Waals surface area contributed by atoms with Gasteiger partial charge in [0.1, 0.15) is 5.82 Å². The molecule has 0 amide bonds. The Morgan fingerprint density at radius 3 is 2.50 bits per heavy atom. The zero-order chi connectivity index (χ0) is 19.3. The number of guanidine groups is 1. The largest absolute Gasteiger partial charge is 0.373 e. The van der Waals surface area contributed by atoms with Crippen LogP contribution in [0.25, 0.3) is 0 Å². The summed E-state index contributed by atoms with van der Waals surface area (Å²) in [6.45, 7) is 8.91. The topological polar surface area (TPSA) is 48.9 Å². The van der Waals surface area contributed by atoms with Crippen LogP contribution in [0.15, 0.2) is 29.3 Å². The molecule has 158 valence electrons. The molecule has 2 atom stereocenters. The third-order valence-electron chi connectivity index (χ3n) is 5.56. The van der Waals surface area contributed by atoms with E-state index in [-0.39, 0.29) is 35.2 Å². The normalized spacial score (nSPS) is 24.4. The molecule has 1 aromatic carbocycles. The molecule has 1 saturated heterocycles. The van der Waals surface area contributed by atoms with E-state index in [4.69, 9.17) is 4.74 Å². The Labute approximate surface area is 185 Å². The van der Waals surface area contributed by atoms with Gasteiger partial charge in [0.05, 0.1) is 12.2 Å². The zero-order valence-corrected chi connectivity index (χ0v) is 19.5. The average molecular weight is 504 g/mol. The van der Waals surface area contributed by atoms with Gasteiger partial charge in [-0.05, 0) is 44.7 Å². The van der Waals surface area contributed by atoms with Crippen LogP contribution in [0.5, 0.6) is 0 Å². The molecule has 7 heteroatoms. The molecule has 3 rings (SSSR count). The maximum absolute atomic E-state index is 14.1. The Morgan fingerprint density at radius 1 is 1.21 bits per heavy atom. The summed E-state index contributed by atoms with van der Waals surface area (Å²) in [6, 6.07) is 7.12. The lowest BCUT2D eigenvalue weighted by atomic mass is 9.95. The summed E-state index contributed by atoms with van der Waals surface area (Å²) >= 11 is 0. The van der Waals surface area contributed by atoms with Crippen molar-refractivity contribution in [1.29, 1.82) is 0 Å². The number of nitrogens with one attached hydrogen (secondary N) is 2. The maximum atomic E-state index is 14.1. The van der Waals surface area contributed by atoms with Crippen LogP contribution in [0.3, 0.4) is 0 Å². The number of aliphatic imine (C=N–C) groups is 1. The average Bonchev–Trinajstić information content (AvgIpc) is 3.41. The lowest BCUT2D eigenvalue weighted by Gasteiger charge is -2.35. The van der Waals surface area contributed by atoms with Crippen LogP contribution in [0, 0.1) is 5.82 Å². The van der Waals surface area contributed by atoms with Gasteiger partial charge in [0.2, 0.25) is 0 Å². The number of morpholine rings is 1. The SMILES string of the molecule is CN=C(NCCCN1CC(C)OC(C)C1)NCC1(c2ccccc2F)CC1.I. The van der Waals surface area contributed by atoms with Crippen molar-refractivity contribution in [2.75, 3.05) is 39.8 Å². The molecule has 2 aliphatic rings. The first kappa shape index (κ1) is 23.3. The molecule has 2 fully saturated rings. The minimum absolute atomic E-state index is 0. The molecule has 1 aliphatic heterocycles. The molecule has 1 saturated carbocycles. The van der Waals surface area contributed by atoms with Crippen molar-refractivity contribution in [2.24, 2.45) is 4.99 Å². The molecule has 5 nitrogen and oxygen atoms in total. The van der Waals surface area contributed by atoms with Gasteiger partial charge in [-0.1, -0.05) is 18.2 Å². The summed E-state index contributed by atoms with van der Waals surface area (Å²) in [4.78, 5) is 6.78. The van der Waals surface area contributed by atoms with E-state index in [1.807, 2.05) is 12.1 Å². The van der Waals surface area contributed by atoms with Crippen molar-refractivity contribution in [1.82, 2.24) is 15.5 Å². The lowest BCUT2D eigenvalue weighted by molar-refractivity contribution is -0.0679. The van der Waals surface area contributed by atoms with Crippen LogP contribution in [0.1, 0.15) is 38.7 Å². The smallest absolute Gasteiger partial charge is 0.191 e. The molecule has 2 unspecified atom stereocenters. The van der Waals surface area contributed by atoms with Crippen LogP contribution in [-0.4, -0.2) is 62.8 Å². The van der Waals surface area contributed by atoms with E-state index in [9.17, 15) is 4.39 Å². The van der Waals surface area contributed by atoms with E-state index in [0.29, 0.717) is 18.8 Å². The Kier molecular flexibility index (Phi) is 8.95. The van der Waals surface area contributed by atoms with Crippen LogP contribution in [0.4, 0.5) is 4.39 Å². The summed E-state index contributed by atoms with van der Waals surface area (Å²) in [6.07, 6.45) is 3.71. The number of rotatable bonds is 7. The van der Waals surface area contributed by atoms with Gasteiger partial charge in [0.15, 0.2) is 5.96 Å². The molecular formula is C21H34FIN4O. The predicted octanol–water partition coefficient (Wildman–Crippen LogP) is 3.14. The summed E-state index contributed by atoms with van der Waals surface area (Å²) < 4.78 is 19.9. The van der Waals surface area contributed by atoms with Crippen molar-refractivity contribution in [2.45, 2.75) is 50.7 Å². The molecule has 0 bridgehead atoms. The van der Waals surface area contributed by atoms with E-state index >= 15 is 0 Å². The molecular weight excluding hydrogens is 470 g/mol. The van der Waals surface area contributed by atoms with E-state index in [2.05, 4.69) is 34.4 Å². The standard InChI is InChI=1S/C21H33FN4O.HI/c1-16-13-26(14-17(2)27-16)12-6-11-24-20(23-3)25-15-21(9-10-21)18-7-4-5-8-19(18)22;/h4-5,7-8,16-17H,6,9-15H2,1-3H3,(H2,23,24,25);1H. The number of hydrogen-bond acceptors (Lipinski definition) is 3. The highest BCUT2D eigenvalue weighted by atomic mass is 127. The summed E-state index contributed by atoms with van der Waals surface area (Å²) in [5.41, 5.74) is 0.742. The highest BCUT2D eigenvalue weighted by Gasteiger charge is 2.45. The van der Waals surface area contributed by atoms with Gasteiger partial charge in [0.25, 0.3) is 0 Å². The van der Waals surface area contributed by atoms with Gasteiger partial charge in [0, 0.05) is 45.2 Å². The highest BCUT2D eigenvalue weighted by molar-refractivity contribution is 14.0. The molecule has 2 N–H and O–H groups in total. The minimum Gasteiger partial charge on any atom is -0.373 e. The quantitative estimate of drug-likeness (QED) is 0.259. The molecule has 0 spiro atoms.